The maximum Gasteiger partial charge on any atom is 0.252 e. The molecule has 0 aromatic heterocycles. The monoisotopic (exact) mass is 512 g/mol. The molecule has 1 amide bonds. The lowest BCUT2D eigenvalue weighted by atomic mass is 10.1. The first-order chi connectivity index (χ1) is 14.3. The average molecular weight is 513 g/mol. The molecular weight excluding hydrogens is 495 g/mol. The van der Waals surface area contributed by atoms with E-state index in [0.717, 1.165) is 0 Å². The van der Waals surface area contributed by atoms with Crippen molar-refractivity contribution in [3.63, 3.8) is 0 Å². The van der Waals surface area contributed by atoms with Crippen LogP contribution >= 0.6 is 27.7 Å². The van der Waals surface area contributed by atoms with E-state index in [4.69, 9.17) is 4.74 Å². The summed E-state index contributed by atoms with van der Waals surface area (Å²) in [5.74, 6) is -0.451. The number of carbonyl (C=O) groups excluding carboxylic acids is 1. The summed E-state index contributed by atoms with van der Waals surface area (Å²) in [5.41, 5.74) is 0.903. The van der Waals surface area contributed by atoms with Gasteiger partial charge in [0.15, 0.2) is 15.0 Å². The lowest BCUT2D eigenvalue weighted by Gasteiger charge is -2.25. The van der Waals surface area contributed by atoms with E-state index < -0.39 is 27.6 Å². The summed E-state index contributed by atoms with van der Waals surface area (Å²) in [6, 6.07) is 11.2. The summed E-state index contributed by atoms with van der Waals surface area (Å²) in [5, 5.41) is 0.0249. The van der Waals surface area contributed by atoms with Gasteiger partial charge in [-0.25, -0.2) is 12.8 Å². The summed E-state index contributed by atoms with van der Waals surface area (Å²) >= 11 is 4.44. The molecule has 2 aliphatic heterocycles. The molecule has 2 saturated heterocycles. The molecule has 2 atom stereocenters. The Morgan fingerprint density at radius 1 is 1.30 bits per heavy atom. The van der Waals surface area contributed by atoms with E-state index in [9.17, 15) is 17.6 Å². The Balaban J connectivity index is 1.68. The number of hydrogen-bond acceptors (Lipinski definition) is 5. The largest absolute Gasteiger partial charge is 0.496 e. The van der Waals surface area contributed by atoms with Crippen molar-refractivity contribution in [3.8, 4) is 5.75 Å². The van der Waals surface area contributed by atoms with Gasteiger partial charge in [-0.2, -0.15) is 4.99 Å². The standard InChI is InChI=1S/C20H18BrFN2O4S2/c1-28-17-5-3-2-4-12(17)8-19(25)23-20-24(15-7-6-13(21)9-14(15)22)16-10-30(26,27)11-18(16)29-20/h2-7,9,16,18H,8,10-11H2,1H3/t16-,18+/m1/s1. The smallest absolute Gasteiger partial charge is 0.252 e. The van der Waals surface area contributed by atoms with Crippen LogP contribution in [0.5, 0.6) is 5.75 Å². The van der Waals surface area contributed by atoms with E-state index in [-0.39, 0.29) is 28.9 Å². The number of anilines is 1. The minimum atomic E-state index is -3.23. The molecular formula is C20H18BrFN2O4S2. The fourth-order valence-corrected chi connectivity index (χ4v) is 7.94. The molecule has 2 aromatic rings. The van der Waals surface area contributed by atoms with E-state index >= 15 is 0 Å². The van der Waals surface area contributed by atoms with Gasteiger partial charge in [0.05, 0.1) is 36.8 Å². The van der Waals surface area contributed by atoms with Gasteiger partial charge in [0, 0.05) is 15.3 Å². The SMILES string of the molecule is COc1ccccc1CC(=O)N=C1S[C@H]2CS(=O)(=O)C[C@H]2N1c1ccc(Br)cc1F. The molecule has 2 heterocycles. The predicted molar refractivity (Wildman–Crippen MR) is 120 cm³/mol. The minimum Gasteiger partial charge on any atom is -0.496 e. The number of ether oxygens (including phenoxy) is 1. The van der Waals surface area contributed by atoms with Gasteiger partial charge < -0.3 is 9.64 Å². The minimum absolute atomic E-state index is 0.0172. The Kier molecular flexibility index (Phi) is 5.91. The maximum atomic E-state index is 14.7. The number of benzene rings is 2. The van der Waals surface area contributed by atoms with Crippen molar-refractivity contribution < 1.29 is 22.3 Å². The molecule has 4 rings (SSSR count). The van der Waals surface area contributed by atoms with E-state index in [1.165, 1.54) is 24.9 Å². The van der Waals surface area contributed by atoms with Crippen LogP contribution in [0.2, 0.25) is 0 Å². The number of amidine groups is 1. The molecule has 0 aliphatic carbocycles. The van der Waals surface area contributed by atoms with E-state index in [1.807, 2.05) is 6.07 Å². The van der Waals surface area contributed by atoms with Crippen molar-refractivity contribution in [3.05, 3.63) is 58.3 Å². The highest BCUT2D eigenvalue weighted by Gasteiger charge is 2.50. The Morgan fingerprint density at radius 2 is 2.07 bits per heavy atom. The highest BCUT2D eigenvalue weighted by molar-refractivity contribution is 9.10. The van der Waals surface area contributed by atoms with Crippen molar-refractivity contribution in [2.24, 2.45) is 4.99 Å². The number of rotatable bonds is 4. The summed E-state index contributed by atoms with van der Waals surface area (Å²) in [6.45, 7) is 0. The number of para-hydroxylation sites is 1. The zero-order valence-corrected chi connectivity index (χ0v) is 19.1. The van der Waals surface area contributed by atoms with Crippen molar-refractivity contribution >= 4 is 54.3 Å². The van der Waals surface area contributed by atoms with Gasteiger partial charge in [0.1, 0.15) is 11.6 Å². The van der Waals surface area contributed by atoms with Crippen LogP contribution in [0.3, 0.4) is 0 Å². The summed E-state index contributed by atoms with van der Waals surface area (Å²) in [6.07, 6.45) is 0.0262. The third-order valence-corrected chi connectivity index (χ3v) is 8.69. The normalized spacial score (nSPS) is 23.6. The molecule has 2 fully saturated rings. The molecule has 0 bridgehead atoms. The highest BCUT2D eigenvalue weighted by atomic mass is 79.9. The van der Waals surface area contributed by atoms with Gasteiger partial charge in [-0.15, -0.1) is 0 Å². The molecule has 0 saturated carbocycles. The molecule has 30 heavy (non-hydrogen) atoms. The Hall–Kier alpha value is -1.91. The quantitative estimate of drug-likeness (QED) is 0.624. The number of hydrogen-bond donors (Lipinski definition) is 0. The Bertz CT molecular complexity index is 1140. The van der Waals surface area contributed by atoms with E-state index in [1.54, 1.807) is 35.2 Å². The van der Waals surface area contributed by atoms with Crippen LogP contribution in [0, 0.1) is 5.82 Å². The van der Waals surface area contributed by atoms with Gasteiger partial charge in [0.25, 0.3) is 5.91 Å². The molecule has 10 heteroatoms. The topological polar surface area (TPSA) is 76.0 Å². The van der Waals surface area contributed by atoms with E-state index in [0.29, 0.717) is 21.0 Å². The van der Waals surface area contributed by atoms with Crippen molar-refractivity contribution in [1.82, 2.24) is 0 Å². The maximum absolute atomic E-state index is 14.7. The zero-order valence-electron chi connectivity index (χ0n) is 15.9. The Labute approximate surface area is 186 Å². The molecule has 0 N–H and O–H groups in total. The second-order valence-electron chi connectivity index (χ2n) is 7.04. The second-order valence-corrected chi connectivity index (χ2v) is 11.3. The van der Waals surface area contributed by atoms with Gasteiger partial charge in [-0.1, -0.05) is 45.9 Å². The first-order valence-electron chi connectivity index (χ1n) is 9.12. The summed E-state index contributed by atoms with van der Waals surface area (Å²) in [4.78, 5) is 18.5. The number of sulfone groups is 1. The van der Waals surface area contributed by atoms with Crippen molar-refractivity contribution in [2.45, 2.75) is 17.7 Å². The van der Waals surface area contributed by atoms with Crippen LogP contribution in [-0.4, -0.2) is 49.4 Å². The van der Waals surface area contributed by atoms with Crippen molar-refractivity contribution in [1.29, 1.82) is 0 Å². The third kappa shape index (κ3) is 4.26. The van der Waals surface area contributed by atoms with Crippen molar-refractivity contribution in [2.75, 3.05) is 23.5 Å². The molecule has 2 aromatic carbocycles. The number of methoxy groups -OCH3 is 1. The third-order valence-electron chi connectivity index (χ3n) is 4.99. The van der Waals surface area contributed by atoms with Gasteiger partial charge in [-0.3, -0.25) is 4.79 Å². The zero-order chi connectivity index (χ0) is 21.5. The van der Waals surface area contributed by atoms with Crippen LogP contribution in [-0.2, 0) is 21.1 Å². The Morgan fingerprint density at radius 3 is 2.80 bits per heavy atom. The van der Waals surface area contributed by atoms with E-state index in [2.05, 4.69) is 20.9 Å². The van der Waals surface area contributed by atoms with Crippen LogP contribution < -0.4 is 9.64 Å². The number of thioether (sulfide) groups is 1. The first kappa shape index (κ1) is 21.3. The molecule has 6 nitrogen and oxygen atoms in total. The molecule has 0 unspecified atom stereocenters. The lowest BCUT2D eigenvalue weighted by Crippen LogP contribution is -2.38. The van der Waals surface area contributed by atoms with Crippen LogP contribution in [0.25, 0.3) is 0 Å². The predicted octanol–water partition coefficient (Wildman–Crippen LogP) is 3.44. The fraction of sp³-hybridized carbons (Fsp3) is 0.300. The molecule has 0 spiro atoms. The van der Waals surface area contributed by atoms with Crippen LogP contribution in [0.15, 0.2) is 51.9 Å². The number of amides is 1. The van der Waals surface area contributed by atoms with Crippen LogP contribution in [0.1, 0.15) is 5.56 Å². The van der Waals surface area contributed by atoms with Gasteiger partial charge >= 0.3 is 0 Å². The second kappa shape index (κ2) is 8.32. The molecule has 158 valence electrons. The summed E-state index contributed by atoms with van der Waals surface area (Å²) < 4.78 is 44.8. The number of fused-ring (bicyclic) bond motifs is 1. The number of aliphatic imine (C=N–C) groups is 1. The first-order valence-corrected chi connectivity index (χ1v) is 12.6. The lowest BCUT2D eigenvalue weighted by molar-refractivity contribution is -0.117. The number of nitrogens with zero attached hydrogens (tertiary/aromatic N) is 2. The fourth-order valence-electron chi connectivity index (χ4n) is 3.68. The van der Waals surface area contributed by atoms with Crippen LogP contribution in [0.4, 0.5) is 10.1 Å². The van der Waals surface area contributed by atoms with Gasteiger partial charge in [-0.05, 0) is 24.3 Å². The highest BCUT2D eigenvalue weighted by Crippen LogP contribution is 2.42. The number of halogens is 2. The average Bonchev–Trinajstić information content (AvgIpc) is 3.13. The number of carbonyl (C=O) groups is 1. The summed E-state index contributed by atoms with van der Waals surface area (Å²) in [7, 11) is -1.70. The van der Waals surface area contributed by atoms with Gasteiger partial charge in [0.2, 0.25) is 0 Å². The molecule has 2 aliphatic rings. The molecule has 0 radical (unpaired) electrons.